The van der Waals surface area contributed by atoms with E-state index in [1.54, 1.807) is 24.2 Å². The average Bonchev–Trinajstić information content (AvgIpc) is 3.29. The van der Waals surface area contributed by atoms with Gasteiger partial charge in [0.15, 0.2) is 11.5 Å². The summed E-state index contributed by atoms with van der Waals surface area (Å²) in [5.74, 6) is -0.0716. The number of hydrogen-bond acceptors (Lipinski definition) is 7. The molecule has 2 aliphatic rings. The van der Waals surface area contributed by atoms with Gasteiger partial charge in [0.25, 0.3) is 5.91 Å². The van der Waals surface area contributed by atoms with Crippen molar-refractivity contribution >= 4 is 23.2 Å². The summed E-state index contributed by atoms with van der Waals surface area (Å²) in [5, 5.41) is 4.19. The van der Waals surface area contributed by atoms with Gasteiger partial charge in [-0.2, -0.15) is 0 Å². The van der Waals surface area contributed by atoms with Crippen molar-refractivity contribution < 1.29 is 18.3 Å². The van der Waals surface area contributed by atoms with Gasteiger partial charge in [-0.05, 0) is 18.6 Å². The second kappa shape index (κ2) is 7.33. The summed E-state index contributed by atoms with van der Waals surface area (Å²) in [4.78, 5) is 25.0. The number of nitrogens with zero attached hydrogens (tertiary/aromatic N) is 6. The maximum Gasteiger partial charge on any atom is 0.261 e. The first-order chi connectivity index (χ1) is 14.9. The molecule has 31 heavy (non-hydrogen) atoms. The molecule has 11 heteroatoms. The van der Waals surface area contributed by atoms with E-state index in [1.165, 1.54) is 15.5 Å². The van der Waals surface area contributed by atoms with Crippen molar-refractivity contribution in [1.82, 2.24) is 24.5 Å². The van der Waals surface area contributed by atoms with Gasteiger partial charge in [0.1, 0.15) is 23.4 Å². The topological polar surface area (TPSA) is 102 Å². The van der Waals surface area contributed by atoms with E-state index in [1.807, 2.05) is 0 Å². The lowest BCUT2D eigenvalue weighted by Gasteiger charge is -2.27. The number of ether oxygens (including phenoxy) is 1. The maximum atomic E-state index is 14.5. The minimum Gasteiger partial charge on any atom is -0.477 e. The molecule has 1 saturated heterocycles. The van der Waals surface area contributed by atoms with Crippen LogP contribution in [0.2, 0.25) is 0 Å². The average molecular weight is 429 g/mol. The van der Waals surface area contributed by atoms with Crippen LogP contribution in [0.15, 0.2) is 24.5 Å². The Morgan fingerprint density at radius 1 is 1.35 bits per heavy atom. The van der Waals surface area contributed by atoms with Gasteiger partial charge in [-0.15, -0.1) is 5.10 Å². The number of anilines is 2. The largest absolute Gasteiger partial charge is 0.477 e. The predicted molar refractivity (Wildman–Crippen MR) is 108 cm³/mol. The molecule has 9 nitrogen and oxygen atoms in total. The molecule has 1 fully saturated rings. The number of carbonyl (C=O) groups is 1. The summed E-state index contributed by atoms with van der Waals surface area (Å²) in [6, 6.07) is 2.48. The van der Waals surface area contributed by atoms with Crippen LogP contribution in [0.5, 0.6) is 5.88 Å². The lowest BCUT2D eigenvalue weighted by Crippen LogP contribution is -2.30. The highest BCUT2D eigenvalue weighted by Crippen LogP contribution is 2.40. The van der Waals surface area contributed by atoms with Crippen LogP contribution in [0.25, 0.3) is 5.65 Å². The van der Waals surface area contributed by atoms with E-state index in [4.69, 9.17) is 10.5 Å². The number of nitrogen functional groups attached to an aromatic ring is 1. The zero-order valence-corrected chi connectivity index (χ0v) is 16.8. The van der Waals surface area contributed by atoms with E-state index in [2.05, 4.69) is 15.1 Å². The second-order valence-electron chi connectivity index (χ2n) is 7.79. The smallest absolute Gasteiger partial charge is 0.261 e. The third-order valence-corrected chi connectivity index (χ3v) is 5.68. The summed E-state index contributed by atoms with van der Waals surface area (Å²) in [6.45, 7) is 0.724. The van der Waals surface area contributed by atoms with E-state index in [9.17, 15) is 13.6 Å². The fourth-order valence-electron chi connectivity index (χ4n) is 4.20. The van der Waals surface area contributed by atoms with Gasteiger partial charge in [0.2, 0.25) is 5.88 Å². The standard InChI is InChI=1S/C20H21F2N7O2/c1-27-4-2-6-31-19-13(7-11(21)9-24-19)14-8-12(22)10-28(14)15-3-5-29-18(25-15)16(20(27)30)17(23)26-29/h3,5,7,9,12,14H,2,4,6,8,10H2,1H3,(H2,23,26)/t12-,14+/m0/s1. The van der Waals surface area contributed by atoms with Crippen molar-refractivity contribution in [3.63, 3.8) is 0 Å². The quantitative estimate of drug-likeness (QED) is 0.583. The van der Waals surface area contributed by atoms with Crippen LogP contribution in [0, 0.1) is 5.82 Å². The molecular formula is C20H21F2N7O2. The molecular weight excluding hydrogens is 408 g/mol. The first-order valence-electron chi connectivity index (χ1n) is 10.0. The molecule has 2 atom stereocenters. The van der Waals surface area contributed by atoms with Gasteiger partial charge >= 0.3 is 0 Å². The number of halogens is 2. The van der Waals surface area contributed by atoms with Crippen LogP contribution in [0.3, 0.4) is 0 Å². The molecule has 2 N–H and O–H groups in total. The van der Waals surface area contributed by atoms with Crippen molar-refractivity contribution in [3.05, 3.63) is 41.5 Å². The van der Waals surface area contributed by atoms with Gasteiger partial charge in [0, 0.05) is 31.8 Å². The number of hydrogen-bond donors (Lipinski definition) is 1. The minimum absolute atomic E-state index is 0.0661. The third kappa shape index (κ3) is 3.29. The number of amides is 1. The van der Waals surface area contributed by atoms with E-state index >= 15 is 0 Å². The number of rotatable bonds is 0. The number of carbonyl (C=O) groups excluding carboxylic acids is 1. The Morgan fingerprint density at radius 2 is 2.19 bits per heavy atom. The van der Waals surface area contributed by atoms with Crippen LogP contribution in [0.1, 0.15) is 34.8 Å². The SMILES string of the molecule is CN1CCCOc2ncc(F)cc2[C@H]2C[C@H](F)CN2c2ccn3nc(N)c(c3n2)C1=O. The Kier molecular flexibility index (Phi) is 4.60. The summed E-state index contributed by atoms with van der Waals surface area (Å²) in [6.07, 6.45) is 2.22. The summed E-state index contributed by atoms with van der Waals surface area (Å²) >= 11 is 0. The molecule has 0 unspecified atom stereocenters. The number of aromatic nitrogens is 4. The number of fused-ring (bicyclic) bond motifs is 5. The molecule has 0 spiro atoms. The lowest BCUT2D eigenvalue weighted by atomic mass is 10.1. The Hall–Kier alpha value is -3.50. The summed E-state index contributed by atoms with van der Waals surface area (Å²) in [5.41, 5.74) is 6.98. The minimum atomic E-state index is -1.14. The van der Waals surface area contributed by atoms with Crippen LogP contribution >= 0.6 is 0 Å². The fraction of sp³-hybridized carbons (Fsp3) is 0.400. The second-order valence-corrected chi connectivity index (χ2v) is 7.79. The Balaban J connectivity index is 1.70. The van der Waals surface area contributed by atoms with Crippen LogP contribution in [-0.2, 0) is 0 Å². The molecule has 1 amide bonds. The van der Waals surface area contributed by atoms with Gasteiger partial charge in [0.05, 0.1) is 25.4 Å². The monoisotopic (exact) mass is 429 g/mol. The van der Waals surface area contributed by atoms with Crippen molar-refractivity contribution in [2.75, 3.05) is 37.4 Å². The Bertz CT molecular complexity index is 1170. The highest BCUT2D eigenvalue weighted by Gasteiger charge is 2.37. The highest BCUT2D eigenvalue weighted by atomic mass is 19.1. The zero-order chi connectivity index (χ0) is 21.7. The van der Waals surface area contributed by atoms with Crippen LogP contribution < -0.4 is 15.4 Å². The summed E-state index contributed by atoms with van der Waals surface area (Å²) < 4.78 is 35.9. The van der Waals surface area contributed by atoms with Gasteiger partial charge in [-0.1, -0.05) is 0 Å². The van der Waals surface area contributed by atoms with E-state index in [0.717, 1.165) is 6.20 Å². The highest BCUT2D eigenvalue weighted by molar-refractivity contribution is 6.04. The normalized spacial score (nSPS) is 21.7. The van der Waals surface area contributed by atoms with Crippen molar-refractivity contribution in [2.45, 2.75) is 25.1 Å². The Labute approximate surface area is 176 Å². The maximum absolute atomic E-state index is 14.5. The van der Waals surface area contributed by atoms with Crippen molar-refractivity contribution in [2.24, 2.45) is 0 Å². The molecule has 2 aliphatic heterocycles. The van der Waals surface area contributed by atoms with Gasteiger partial charge in [-0.3, -0.25) is 4.79 Å². The van der Waals surface area contributed by atoms with Crippen LogP contribution in [0.4, 0.5) is 20.4 Å². The molecule has 2 bridgehead atoms. The molecule has 3 aromatic rings. The predicted octanol–water partition coefficient (Wildman–Crippen LogP) is 1.99. The van der Waals surface area contributed by atoms with Gasteiger partial charge in [-0.25, -0.2) is 23.3 Å². The number of pyridine rings is 1. The first-order valence-corrected chi connectivity index (χ1v) is 10.0. The molecule has 5 rings (SSSR count). The summed E-state index contributed by atoms with van der Waals surface area (Å²) in [7, 11) is 1.66. The molecule has 162 valence electrons. The molecule has 0 aromatic carbocycles. The molecule has 5 heterocycles. The Morgan fingerprint density at radius 3 is 3.03 bits per heavy atom. The molecule has 0 aliphatic carbocycles. The fourth-order valence-corrected chi connectivity index (χ4v) is 4.20. The van der Waals surface area contributed by atoms with E-state index < -0.39 is 18.0 Å². The molecule has 3 aromatic heterocycles. The molecule has 0 radical (unpaired) electrons. The van der Waals surface area contributed by atoms with Gasteiger partial charge < -0.3 is 20.3 Å². The van der Waals surface area contributed by atoms with Crippen LogP contribution in [-0.4, -0.2) is 63.3 Å². The molecule has 0 saturated carbocycles. The van der Waals surface area contributed by atoms with E-state index in [0.29, 0.717) is 30.0 Å². The third-order valence-electron chi connectivity index (χ3n) is 5.68. The first kappa shape index (κ1) is 19.5. The lowest BCUT2D eigenvalue weighted by molar-refractivity contribution is 0.0790. The van der Waals surface area contributed by atoms with Crippen molar-refractivity contribution in [3.8, 4) is 5.88 Å². The number of alkyl halides is 1. The van der Waals surface area contributed by atoms with E-state index in [-0.39, 0.29) is 42.7 Å². The number of nitrogens with two attached hydrogens (primary N) is 1. The zero-order valence-electron chi connectivity index (χ0n) is 16.8. The van der Waals surface area contributed by atoms with Crippen molar-refractivity contribution in [1.29, 1.82) is 0 Å².